The molecule has 3 nitrogen and oxygen atoms in total. The Labute approximate surface area is 111 Å². The zero-order valence-electron chi connectivity index (χ0n) is 9.93. The fourth-order valence-corrected chi connectivity index (χ4v) is 1.82. The third-order valence-electron chi connectivity index (χ3n) is 2.64. The fraction of sp³-hybridized carbons (Fsp3) is 0.143. The van der Waals surface area contributed by atoms with Crippen LogP contribution in [0.2, 0.25) is 5.15 Å². The van der Waals surface area contributed by atoms with E-state index in [2.05, 4.69) is 10.3 Å². The Bertz CT molecular complexity index is 543. The van der Waals surface area contributed by atoms with Crippen LogP contribution in [-0.2, 0) is 0 Å². The van der Waals surface area contributed by atoms with Gasteiger partial charge in [0.25, 0.3) is 5.91 Å². The number of carbonyl (C=O) groups is 1. The van der Waals surface area contributed by atoms with Gasteiger partial charge in [-0.3, -0.25) is 4.79 Å². The Hall–Kier alpha value is -1.87. The first kappa shape index (κ1) is 12.6. The maximum atomic E-state index is 12.0. The van der Waals surface area contributed by atoms with E-state index < -0.39 is 0 Å². The number of carbonyl (C=O) groups excluding carboxylic acids is 1. The second-order valence-electron chi connectivity index (χ2n) is 3.97. The highest BCUT2D eigenvalue weighted by Gasteiger charge is 2.11. The Morgan fingerprint density at radius 2 is 2.00 bits per heavy atom. The molecule has 1 N–H and O–H groups in total. The average molecular weight is 261 g/mol. The van der Waals surface area contributed by atoms with Crippen LogP contribution in [0, 0.1) is 0 Å². The van der Waals surface area contributed by atoms with E-state index in [0.717, 1.165) is 5.56 Å². The van der Waals surface area contributed by atoms with Crippen molar-refractivity contribution in [1.82, 2.24) is 10.3 Å². The third-order valence-corrected chi connectivity index (χ3v) is 2.84. The SMILES string of the molecule is CC(NC(=O)c1ccnc(Cl)c1)c1ccccc1. The van der Waals surface area contributed by atoms with Gasteiger partial charge in [-0.15, -0.1) is 0 Å². The van der Waals surface area contributed by atoms with E-state index >= 15 is 0 Å². The Morgan fingerprint density at radius 1 is 1.28 bits per heavy atom. The lowest BCUT2D eigenvalue weighted by Crippen LogP contribution is -2.26. The standard InChI is InChI=1S/C14H13ClN2O/c1-10(11-5-3-2-4-6-11)17-14(18)12-7-8-16-13(15)9-12/h2-10H,1H3,(H,17,18). The van der Waals surface area contributed by atoms with E-state index in [1.165, 1.54) is 6.20 Å². The molecule has 0 saturated carbocycles. The normalized spacial score (nSPS) is 11.9. The highest BCUT2D eigenvalue weighted by atomic mass is 35.5. The Balaban J connectivity index is 2.08. The molecule has 1 heterocycles. The van der Waals surface area contributed by atoms with Crippen molar-refractivity contribution >= 4 is 17.5 Å². The molecule has 92 valence electrons. The molecule has 1 aromatic carbocycles. The third kappa shape index (κ3) is 3.08. The lowest BCUT2D eigenvalue weighted by molar-refractivity contribution is 0.0940. The van der Waals surface area contributed by atoms with Crippen LogP contribution in [0.15, 0.2) is 48.7 Å². The number of rotatable bonds is 3. The summed E-state index contributed by atoms with van der Waals surface area (Å²) in [5.74, 6) is -0.157. The van der Waals surface area contributed by atoms with Crippen LogP contribution in [0.3, 0.4) is 0 Å². The molecular weight excluding hydrogens is 248 g/mol. The fourth-order valence-electron chi connectivity index (χ4n) is 1.65. The van der Waals surface area contributed by atoms with E-state index in [1.807, 2.05) is 37.3 Å². The van der Waals surface area contributed by atoms with Crippen molar-refractivity contribution in [3.05, 3.63) is 64.9 Å². The molecule has 0 radical (unpaired) electrons. The van der Waals surface area contributed by atoms with Gasteiger partial charge in [0.1, 0.15) is 5.15 Å². The van der Waals surface area contributed by atoms with Crippen molar-refractivity contribution in [2.45, 2.75) is 13.0 Å². The lowest BCUT2D eigenvalue weighted by atomic mass is 10.1. The number of halogens is 1. The minimum absolute atomic E-state index is 0.0503. The first-order chi connectivity index (χ1) is 8.66. The predicted octanol–water partition coefficient (Wildman–Crippen LogP) is 3.23. The molecule has 0 spiro atoms. The van der Waals surface area contributed by atoms with Crippen LogP contribution in [0.4, 0.5) is 0 Å². The van der Waals surface area contributed by atoms with Gasteiger partial charge in [0.05, 0.1) is 6.04 Å². The van der Waals surface area contributed by atoms with Crippen LogP contribution >= 0.6 is 11.6 Å². The zero-order valence-corrected chi connectivity index (χ0v) is 10.7. The minimum Gasteiger partial charge on any atom is -0.346 e. The van der Waals surface area contributed by atoms with E-state index in [-0.39, 0.29) is 11.9 Å². The number of amides is 1. The van der Waals surface area contributed by atoms with Gasteiger partial charge in [-0.25, -0.2) is 4.98 Å². The van der Waals surface area contributed by atoms with Crippen LogP contribution < -0.4 is 5.32 Å². The first-order valence-electron chi connectivity index (χ1n) is 5.64. The second kappa shape index (κ2) is 5.65. The van der Waals surface area contributed by atoms with Gasteiger partial charge < -0.3 is 5.32 Å². The first-order valence-corrected chi connectivity index (χ1v) is 6.02. The molecule has 0 aliphatic rings. The van der Waals surface area contributed by atoms with Crippen molar-refractivity contribution in [2.75, 3.05) is 0 Å². The lowest BCUT2D eigenvalue weighted by Gasteiger charge is -2.14. The summed E-state index contributed by atoms with van der Waals surface area (Å²) >= 11 is 5.75. The molecule has 4 heteroatoms. The second-order valence-corrected chi connectivity index (χ2v) is 4.36. The van der Waals surface area contributed by atoms with Crippen LogP contribution in [0.25, 0.3) is 0 Å². The van der Waals surface area contributed by atoms with E-state index in [4.69, 9.17) is 11.6 Å². The topological polar surface area (TPSA) is 42.0 Å². The summed E-state index contributed by atoms with van der Waals surface area (Å²) in [6.45, 7) is 1.94. The number of hydrogen-bond acceptors (Lipinski definition) is 2. The summed E-state index contributed by atoms with van der Waals surface area (Å²) in [6, 6.07) is 12.9. The molecule has 0 saturated heterocycles. The minimum atomic E-state index is -0.157. The molecular formula is C14H13ClN2O. The van der Waals surface area contributed by atoms with Gasteiger partial charge in [-0.1, -0.05) is 41.9 Å². The van der Waals surface area contributed by atoms with Gasteiger partial charge in [0.2, 0.25) is 0 Å². The average Bonchev–Trinajstić information content (AvgIpc) is 2.39. The molecule has 1 atom stereocenters. The maximum absolute atomic E-state index is 12.0. The highest BCUT2D eigenvalue weighted by Crippen LogP contribution is 2.13. The van der Waals surface area contributed by atoms with Crippen LogP contribution in [0.1, 0.15) is 28.9 Å². The monoisotopic (exact) mass is 260 g/mol. The largest absolute Gasteiger partial charge is 0.346 e. The molecule has 2 aromatic rings. The molecule has 1 aromatic heterocycles. The van der Waals surface area contributed by atoms with E-state index in [1.54, 1.807) is 12.1 Å². The summed E-state index contributed by atoms with van der Waals surface area (Å²) in [7, 11) is 0. The molecule has 1 unspecified atom stereocenters. The van der Waals surface area contributed by atoms with Crippen molar-refractivity contribution in [3.63, 3.8) is 0 Å². The summed E-state index contributed by atoms with van der Waals surface area (Å²) in [6.07, 6.45) is 1.52. The van der Waals surface area contributed by atoms with Crippen molar-refractivity contribution < 1.29 is 4.79 Å². The number of nitrogens with zero attached hydrogens (tertiary/aromatic N) is 1. The Morgan fingerprint density at radius 3 is 2.67 bits per heavy atom. The van der Waals surface area contributed by atoms with Gasteiger partial charge in [-0.2, -0.15) is 0 Å². The molecule has 0 aliphatic carbocycles. The molecule has 1 amide bonds. The molecule has 18 heavy (non-hydrogen) atoms. The molecule has 0 aliphatic heterocycles. The smallest absolute Gasteiger partial charge is 0.251 e. The molecule has 2 rings (SSSR count). The van der Waals surface area contributed by atoms with Crippen molar-refractivity contribution in [1.29, 1.82) is 0 Å². The summed E-state index contributed by atoms with van der Waals surface area (Å²) in [5.41, 5.74) is 1.57. The number of hydrogen-bond donors (Lipinski definition) is 1. The van der Waals surface area contributed by atoms with E-state index in [0.29, 0.717) is 10.7 Å². The van der Waals surface area contributed by atoms with Crippen molar-refractivity contribution in [2.24, 2.45) is 0 Å². The number of nitrogens with one attached hydrogen (secondary N) is 1. The van der Waals surface area contributed by atoms with Gasteiger partial charge in [0, 0.05) is 11.8 Å². The van der Waals surface area contributed by atoms with Crippen LogP contribution in [-0.4, -0.2) is 10.9 Å². The quantitative estimate of drug-likeness (QED) is 0.861. The zero-order chi connectivity index (χ0) is 13.0. The highest BCUT2D eigenvalue weighted by molar-refractivity contribution is 6.29. The summed E-state index contributed by atoms with van der Waals surface area (Å²) in [5, 5.41) is 3.23. The molecule has 0 bridgehead atoms. The number of aromatic nitrogens is 1. The Kier molecular flexibility index (Phi) is 3.95. The maximum Gasteiger partial charge on any atom is 0.251 e. The van der Waals surface area contributed by atoms with Crippen LogP contribution in [0.5, 0.6) is 0 Å². The predicted molar refractivity (Wildman–Crippen MR) is 71.6 cm³/mol. The summed E-state index contributed by atoms with van der Waals surface area (Å²) in [4.78, 5) is 15.8. The molecule has 0 fully saturated rings. The number of pyridine rings is 1. The number of benzene rings is 1. The van der Waals surface area contributed by atoms with Gasteiger partial charge >= 0.3 is 0 Å². The van der Waals surface area contributed by atoms with Gasteiger partial charge in [-0.05, 0) is 24.6 Å². The van der Waals surface area contributed by atoms with Crippen molar-refractivity contribution in [3.8, 4) is 0 Å². The van der Waals surface area contributed by atoms with Gasteiger partial charge in [0.15, 0.2) is 0 Å². The van der Waals surface area contributed by atoms with E-state index in [9.17, 15) is 4.79 Å². The summed E-state index contributed by atoms with van der Waals surface area (Å²) < 4.78 is 0.